The van der Waals surface area contributed by atoms with E-state index in [0.717, 1.165) is 11.6 Å². The normalized spacial score (nSPS) is 10.5. The zero-order chi connectivity index (χ0) is 23.8. The van der Waals surface area contributed by atoms with Gasteiger partial charge in [0.1, 0.15) is 17.3 Å². The minimum Gasteiger partial charge on any atom is -0.467 e. The Balaban J connectivity index is 1.82. The summed E-state index contributed by atoms with van der Waals surface area (Å²) in [5.74, 6) is -0.246. The van der Waals surface area contributed by atoms with E-state index in [2.05, 4.69) is 6.58 Å². The van der Waals surface area contributed by atoms with E-state index in [1.54, 1.807) is 17.0 Å². The molecule has 0 radical (unpaired) electrons. The van der Waals surface area contributed by atoms with Crippen LogP contribution in [0.15, 0.2) is 84.0 Å². The van der Waals surface area contributed by atoms with Crippen LogP contribution in [0.5, 0.6) is 0 Å². The molecule has 9 heteroatoms. The molecular formula is C24H22ClN3O5. The third kappa shape index (κ3) is 6.30. The molecule has 0 aliphatic rings. The number of nitrogens with zero attached hydrogens (tertiary/aromatic N) is 3. The smallest absolute Gasteiger partial charge is 0.288 e. The molecule has 0 atom stereocenters. The van der Waals surface area contributed by atoms with Gasteiger partial charge in [-0.2, -0.15) is 0 Å². The summed E-state index contributed by atoms with van der Waals surface area (Å²) in [6, 6.07) is 16.8. The van der Waals surface area contributed by atoms with Crippen molar-refractivity contribution in [2.24, 2.45) is 0 Å². The van der Waals surface area contributed by atoms with Crippen LogP contribution in [0.2, 0.25) is 5.02 Å². The highest BCUT2D eigenvalue weighted by atomic mass is 35.5. The minimum atomic E-state index is -0.660. The molecule has 0 saturated heterocycles. The highest BCUT2D eigenvalue weighted by molar-refractivity contribution is 6.32. The van der Waals surface area contributed by atoms with Gasteiger partial charge in [-0.3, -0.25) is 19.7 Å². The predicted octanol–water partition coefficient (Wildman–Crippen LogP) is 4.70. The molecule has 1 aromatic heterocycles. The lowest BCUT2D eigenvalue weighted by atomic mass is 10.1. The van der Waals surface area contributed by atoms with Gasteiger partial charge in [-0.05, 0) is 29.8 Å². The molecule has 0 spiro atoms. The Morgan fingerprint density at radius 1 is 1.06 bits per heavy atom. The van der Waals surface area contributed by atoms with E-state index in [1.165, 1.54) is 29.4 Å². The Kier molecular flexibility index (Phi) is 7.99. The number of nitro benzene ring substituents is 1. The topological polar surface area (TPSA) is 96.9 Å². The van der Waals surface area contributed by atoms with E-state index in [0.29, 0.717) is 12.3 Å². The van der Waals surface area contributed by atoms with Crippen molar-refractivity contribution in [3.63, 3.8) is 0 Å². The number of halogens is 1. The molecule has 0 unspecified atom stereocenters. The zero-order valence-electron chi connectivity index (χ0n) is 17.7. The van der Waals surface area contributed by atoms with Gasteiger partial charge in [0.05, 0.1) is 17.7 Å². The molecule has 0 fully saturated rings. The molecule has 1 heterocycles. The molecule has 0 aliphatic heterocycles. The van der Waals surface area contributed by atoms with Crippen LogP contribution in [-0.2, 0) is 17.9 Å². The number of rotatable bonds is 10. The molecule has 0 N–H and O–H groups in total. The Hall–Kier alpha value is -3.91. The van der Waals surface area contributed by atoms with Crippen LogP contribution >= 0.6 is 11.6 Å². The SMILES string of the molecule is C=CCN(CC(=O)N(Cc1ccccc1)Cc1ccco1)C(=O)c1ccc(Cl)c([N+](=O)[O-])c1. The lowest BCUT2D eigenvalue weighted by Crippen LogP contribution is -2.42. The molecule has 170 valence electrons. The Bertz CT molecular complexity index is 1130. The van der Waals surface area contributed by atoms with Gasteiger partial charge in [0, 0.05) is 24.7 Å². The average molecular weight is 468 g/mol. The molecule has 2 amide bonds. The number of carbonyl (C=O) groups is 2. The standard InChI is InChI=1S/C24H22ClN3O5/c1-2-12-26(24(30)19-10-11-21(25)22(14-19)28(31)32)17-23(29)27(16-20-9-6-13-33-20)15-18-7-4-3-5-8-18/h2-11,13-14H,1,12,15-17H2. The quantitative estimate of drug-likeness (QED) is 0.244. The van der Waals surface area contributed by atoms with E-state index in [4.69, 9.17) is 16.0 Å². The van der Waals surface area contributed by atoms with Crippen molar-refractivity contribution >= 4 is 29.1 Å². The van der Waals surface area contributed by atoms with Crippen molar-refractivity contribution in [3.05, 3.63) is 112 Å². The maximum atomic E-state index is 13.3. The van der Waals surface area contributed by atoms with Crippen molar-refractivity contribution in [1.29, 1.82) is 0 Å². The highest BCUT2D eigenvalue weighted by Crippen LogP contribution is 2.25. The van der Waals surface area contributed by atoms with Crippen LogP contribution in [0.25, 0.3) is 0 Å². The summed E-state index contributed by atoms with van der Waals surface area (Å²) >= 11 is 5.85. The van der Waals surface area contributed by atoms with Crippen LogP contribution in [0.1, 0.15) is 21.7 Å². The zero-order valence-corrected chi connectivity index (χ0v) is 18.5. The monoisotopic (exact) mass is 467 g/mol. The third-order valence-corrected chi connectivity index (χ3v) is 5.17. The number of benzene rings is 2. The van der Waals surface area contributed by atoms with E-state index >= 15 is 0 Å². The maximum absolute atomic E-state index is 13.3. The molecule has 3 rings (SSSR count). The number of carbonyl (C=O) groups excluding carboxylic acids is 2. The summed E-state index contributed by atoms with van der Waals surface area (Å²) in [5, 5.41) is 11.1. The molecule has 0 saturated carbocycles. The average Bonchev–Trinajstić information content (AvgIpc) is 3.32. The molecule has 8 nitrogen and oxygen atoms in total. The van der Waals surface area contributed by atoms with Gasteiger partial charge < -0.3 is 14.2 Å². The van der Waals surface area contributed by atoms with E-state index in [-0.39, 0.29) is 41.8 Å². The largest absolute Gasteiger partial charge is 0.467 e. The Morgan fingerprint density at radius 2 is 1.82 bits per heavy atom. The highest BCUT2D eigenvalue weighted by Gasteiger charge is 2.24. The fourth-order valence-corrected chi connectivity index (χ4v) is 3.42. The molecule has 33 heavy (non-hydrogen) atoms. The van der Waals surface area contributed by atoms with E-state index < -0.39 is 10.8 Å². The maximum Gasteiger partial charge on any atom is 0.288 e. The van der Waals surface area contributed by atoms with Crippen molar-refractivity contribution in [2.75, 3.05) is 13.1 Å². The Morgan fingerprint density at radius 3 is 2.45 bits per heavy atom. The first-order valence-corrected chi connectivity index (χ1v) is 10.4. The first-order chi connectivity index (χ1) is 15.9. The second-order valence-corrected chi connectivity index (χ2v) is 7.62. The lowest BCUT2D eigenvalue weighted by Gasteiger charge is -2.27. The number of hydrogen-bond donors (Lipinski definition) is 0. The first kappa shape index (κ1) is 23.7. The minimum absolute atomic E-state index is 0.0568. The van der Waals surface area contributed by atoms with Gasteiger partial charge in [0.25, 0.3) is 11.6 Å². The lowest BCUT2D eigenvalue weighted by molar-refractivity contribution is -0.384. The summed E-state index contributed by atoms with van der Waals surface area (Å²) in [6.07, 6.45) is 3.02. The Labute approximate surface area is 195 Å². The first-order valence-electron chi connectivity index (χ1n) is 10.1. The van der Waals surface area contributed by atoms with Crippen molar-refractivity contribution in [2.45, 2.75) is 13.1 Å². The summed E-state index contributed by atoms with van der Waals surface area (Å²) in [5.41, 5.74) is 0.602. The summed E-state index contributed by atoms with van der Waals surface area (Å²) in [6.45, 7) is 4.04. The van der Waals surface area contributed by atoms with Crippen molar-refractivity contribution < 1.29 is 18.9 Å². The fraction of sp³-hybridized carbons (Fsp3) is 0.167. The van der Waals surface area contributed by atoms with E-state index in [9.17, 15) is 19.7 Å². The van der Waals surface area contributed by atoms with Crippen LogP contribution in [0, 0.1) is 10.1 Å². The van der Waals surface area contributed by atoms with Gasteiger partial charge >= 0.3 is 0 Å². The van der Waals surface area contributed by atoms with Gasteiger partial charge in [0.15, 0.2) is 0 Å². The molecule has 2 aromatic carbocycles. The summed E-state index contributed by atoms with van der Waals surface area (Å²) in [7, 11) is 0. The van der Waals surface area contributed by atoms with Crippen molar-refractivity contribution in [1.82, 2.24) is 9.80 Å². The van der Waals surface area contributed by atoms with Gasteiger partial charge in [0.2, 0.25) is 5.91 Å². The third-order valence-electron chi connectivity index (χ3n) is 4.85. The molecule has 0 bridgehead atoms. The number of amides is 2. The number of furan rings is 1. The predicted molar refractivity (Wildman–Crippen MR) is 124 cm³/mol. The molecular weight excluding hydrogens is 446 g/mol. The van der Waals surface area contributed by atoms with E-state index in [1.807, 2.05) is 30.3 Å². The number of hydrogen-bond acceptors (Lipinski definition) is 5. The summed E-state index contributed by atoms with van der Waals surface area (Å²) < 4.78 is 5.40. The van der Waals surface area contributed by atoms with Crippen LogP contribution < -0.4 is 0 Å². The summed E-state index contributed by atoms with van der Waals surface area (Å²) in [4.78, 5) is 39.7. The molecule has 0 aliphatic carbocycles. The second kappa shape index (κ2) is 11.1. The molecule has 3 aromatic rings. The number of nitro groups is 1. The van der Waals surface area contributed by atoms with Crippen LogP contribution in [-0.4, -0.2) is 39.6 Å². The van der Waals surface area contributed by atoms with Crippen LogP contribution in [0.4, 0.5) is 5.69 Å². The van der Waals surface area contributed by atoms with Gasteiger partial charge in [-0.15, -0.1) is 6.58 Å². The van der Waals surface area contributed by atoms with Gasteiger partial charge in [-0.25, -0.2) is 0 Å². The van der Waals surface area contributed by atoms with Gasteiger partial charge in [-0.1, -0.05) is 48.0 Å². The fourth-order valence-electron chi connectivity index (χ4n) is 3.23. The second-order valence-electron chi connectivity index (χ2n) is 7.21. The van der Waals surface area contributed by atoms with Crippen LogP contribution in [0.3, 0.4) is 0 Å². The van der Waals surface area contributed by atoms with Crippen molar-refractivity contribution in [3.8, 4) is 0 Å².